The molecule has 0 aliphatic carbocycles. The Morgan fingerprint density at radius 3 is 2.69 bits per heavy atom. The lowest BCUT2D eigenvalue weighted by Gasteiger charge is -2.11. The smallest absolute Gasteiger partial charge is 0.124 e. The van der Waals surface area contributed by atoms with Crippen molar-refractivity contribution in [3.8, 4) is 6.07 Å². The van der Waals surface area contributed by atoms with Gasteiger partial charge in [0.25, 0.3) is 0 Å². The first-order chi connectivity index (χ1) is 7.61. The van der Waals surface area contributed by atoms with Crippen molar-refractivity contribution in [3.63, 3.8) is 0 Å². The Morgan fingerprint density at radius 1 is 1.56 bits per heavy atom. The highest BCUT2D eigenvalue weighted by atomic mass is 16.3. The second-order valence-electron chi connectivity index (χ2n) is 3.80. The fourth-order valence-electron chi connectivity index (χ4n) is 1.75. The Balaban J connectivity index is 2.83. The van der Waals surface area contributed by atoms with Gasteiger partial charge in [0.15, 0.2) is 0 Å². The SMILES string of the molecule is Cc1nn(C)c(C)c1C(C#N)NCCCO. The Hall–Kier alpha value is -1.38. The minimum atomic E-state index is -0.347. The largest absolute Gasteiger partial charge is 0.396 e. The summed E-state index contributed by atoms with van der Waals surface area (Å²) in [5, 5.41) is 25.2. The van der Waals surface area contributed by atoms with Gasteiger partial charge in [-0.15, -0.1) is 0 Å². The molecule has 1 aromatic rings. The van der Waals surface area contributed by atoms with Gasteiger partial charge in [-0.05, 0) is 26.8 Å². The molecule has 0 aliphatic heterocycles. The number of rotatable bonds is 5. The molecular formula is C11H18N4O. The number of aliphatic hydroxyl groups is 1. The van der Waals surface area contributed by atoms with Crippen molar-refractivity contribution in [1.82, 2.24) is 15.1 Å². The average Bonchev–Trinajstić information content (AvgIpc) is 2.50. The van der Waals surface area contributed by atoms with Crippen molar-refractivity contribution in [2.45, 2.75) is 26.3 Å². The summed E-state index contributed by atoms with van der Waals surface area (Å²) >= 11 is 0. The lowest BCUT2D eigenvalue weighted by molar-refractivity contribution is 0.285. The number of aryl methyl sites for hydroxylation is 2. The van der Waals surface area contributed by atoms with Gasteiger partial charge < -0.3 is 5.11 Å². The summed E-state index contributed by atoms with van der Waals surface area (Å²) in [7, 11) is 1.87. The molecule has 1 rings (SSSR count). The second kappa shape index (κ2) is 5.64. The first kappa shape index (κ1) is 12.7. The quantitative estimate of drug-likeness (QED) is 0.714. The van der Waals surface area contributed by atoms with Crippen molar-refractivity contribution < 1.29 is 5.11 Å². The number of nitriles is 1. The number of hydrogen-bond acceptors (Lipinski definition) is 4. The van der Waals surface area contributed by atoms with Gasteiger partial charge in [-0.25, -0.2) is 0 Å². The fraction of sp³-hybridized carbons (Fsp3) is 0.636. The third-order valence-corrected chi connectivity index (χ3v) is 2.67. The molecule has 1 aromatic heterocycles. The Kier molecular flexibility index (Phi) is 4.47. The van der Waals surface area contributed by atoms with Crippen LogP contribution in [0.5, 0.6) is 0 Å². The van der Waals surface area contributed by atoms with E-state index < -0.39 is 0 Å². The van der Waals surface area contributed by atoms with E-state index >= 15 is 0 Å². The molecule has 0 radical (unpaired) electrons. The molecule has 0 saturated carbocycles. The predicted molar refractivity (Wildman–Crippen MR) is 60.7 cm³/mol. The van der Waals surface area contributed by atoms with Crippen LogP contribution in [-0.4, -0.2) is 28.0 Å². The Morgan fingerprint density at radius 2 is 2.25 bits per heavy atom. The monoisotopic (exact) mass is 222 g/mol. The average molecular weight is 222 g/mol. The van der Waals surface area contributed by atoms with Crippen molar-refractivity contribution in [1.29, 1.82) is 5.26 Å². The molecule has 0 aromatic carbocycles. The highest BCUT2D eigenvalue weighted by molar-refractivity contribution is 5.32. The molecule has 0 aliphatic rings. The maximum Gasteiger partial charge on any atom is 0.124 e. The van der Waals surface area contributed by atoms with Crippen LogP contribution in [0.4, 0.5) is 0 Å². The molecule has 1 atom stereocenters. The first-order valence-corrected chi connectivity index (χ1v) is 5.35. The van der Waals surface area contributed by atoms with Crippen molar-refractivity contribution >= 4 is 0 Å². The van der Waals surface area contributed by atoms with Gasteiger partial charge in [0, 0.05) is 24.9 Å². The predicted octanol–water partition coefficient (Wildman–Crippen LogP) is 0.574. The highest BCUT2D eigenvalue weighted by Gasteiger charge is 2.18. The van der Waals surface area contributed by atoms with Gasteiger partial charge in [-0.1, -0.05) is 0 Å². The maximum atomic E-state index is 9.12. The molecule has 1 heterocycles. The lowest BCUT2D eigenvalue weighted by Crippen LogP contribution is -2.22. The molecule has 5 nitrogen and oxygen atoms in total. The van der Waals surface area contributed by atoms with Gasteiger partial charge in [0.2, 0.25) is 0 Å². The fourth-order valence-corrected chi connectivity index (χ4v) is 1.75. The Bertz CT molecular complexity index is 391. The molecule has 1 unspecified atom stereocenters. The first-order valence-electron chi connectivity index (χ1n) is 5.35. The molecule has 0 amide bonds. The van der Waals surface area contributed by atoms with Gasteiger partial charge in [-0.3, -0.25) is 10.00 Å². The highest BCUT2D eigenvalue weighted by Crippen LogP contribution is 2.20. The van der Waals surface area contributed by atoms with Crippen LogP contribution >= 0.6 is 0 Å². The summed E-state index contributed by atoms with van der Waals surface area (Å²) in [5.74, 6) is 0. The Labute approximate surface area is 95.7 Å². The van der Waals surface area contributed by atoms with Crippen LogP contribution in [-0.2, 0) is 7.05 Å². The van der Waals surface area contributed by atoms with Crippen LogP contribution in [0, 0.1) is 25.2 Å². The molecule has 16 heavy (non-hydrogen) atoms. The number of nitrogens with one attached hydrogen (secondary N) is 1. The lowest BCUT2D eigenvalue weighted by atomic mass is 10.1. The summed E-state index contributed by atoms with van der Waals surface area (Å²) in [5.41, 5.74) is 2.83. The second-order valence-corrected chi connectivity index (χ2v) is 3.80. The summed E-state index contributed by atoms with van der Waals surface area (Å²) in [6, 6.07) is 1.88. The molecule has 0 spiro atoms. The van der Waals surface area contributed by atoms with Gasteiger partial charge in [-0.2, -0.15) is 10.4 Å². The normalized spacial score (nSPS) is 12.4. The zero-order valence-corrected chi connectivity index (χ0v) is 9.99. The van der Waals surface area contributed by atoms with Crippen LogP contribution in [0.25, 0.3) is 0 Å². The minimum Gasteiger partial charge on any atom is -0.396 e. The summed E-state index contributed by atoms with van der Waals surface area (Å²) in [6.07, 6.45) is 0.649. The zero-order valence-electron chi connectivity index (χ0n) is 9.99. The summed E-state index contributed by atoms with van der Waals surface area (Å²) in [6.45, 7) is 4.62. The summed E-state index contributed by atoms with van der Waals surface area (Å²) in [4.78, 5) is 0. The minimum absolute atomic E-state index is 0.135. The molecule has 0 bridgehead atoms. The maximum absolute atomic E-state index is 9.12. The zero-order chi connectivity index (χ0) is 12.1. The topological polar surface area (TPSA) is 73.9 Å². The van der Waals surface area contributed by atoms with Crippen molar-refractivity contribution in [3.05, 3.63) is 17.0 Å². The van der Waals surface area contributed by atoms with Crippen LogP contribution in [0.15, 0.2) is 0 Å². The van der Waals surface area contributed by atoms with Crippen LogP contribution in [0.3, 0.4) is 0 Å². The number of aliphatic hydroxyl groups excluding tert-OH is 1. The van der Waals surface area contributed by atoms with E-state index in [1.165, 1.54) is 0 Å². The van der Waals surface area contributed by atoms with Gasteiger partial charge in [0.05, 0.1) is 11.8 Å². The third-order valence-electron chi connectivity index (χ3n) is 2.67. The van der Waals surface area contributed by atoms with E-state index in [-0.39, 0.29) is 12.6 Å². The van der Waals surface area contributed by atoms with Crippen molar-refractivity contribution in [2.75, 3.05) is 13.2 Å². The molecule has 88 valence electrons. The molecule has 0 fully saturated rings. The number of nitrogens with zero attached hydrogens (tertiary/aromatic N) is 3. The number of aromatic nitrogens is 2. The van der Waals surface area contributed by atoms with E-state index in [9.17, 15) is 0 Å². The van der Waals surface area contributed by atoms with Crippen LogP contribution < -0.4 is 5.32 Å². The van der Waals surface area contributed by atoms with Gasteiger partial charge >= 0.3 is 0 Å². The molecule has 2 N–H and O–H groups in total. The van der Waals surface area contributed by atoms with E-state index in [0.29, 0.717) is 13.0 Å². The molecule has 5 heteroatoms. The van der Waals surface area contributed by atoms with E-state index in [2.05, 4.69) is 16.5 Å². The van der Waals surface area contributed by atoms with Crippen LogP contribution in [0.2, 0.25) is 0 Å². The third kappa shape index (κ3) is 2.60. The van der Waals surface area contributed by atoms with Gasteiger partial charge in [0.1, 0.15) is 6.04 Å². The van der Waals surface area contributed by atoms with Crippen LogP contribution in [0.1, 0.15) is 29.4 Å². The van der Waals surface area contributed by atoms with Crippen molar-refractivity contribution in [2.24, 2.45) is 7.05 Å². The molecule has 0 saturated heterocycles. The summed E-state index contributed by atoms with van der Waals surface area (Å²) < 4.78 is 1.78. The van der Waals surface area contributed by atoms with E-state index in [1.807, 2.05) is 20.9 Å². The van der Waals surface area contributed by atoms with E-state index in [4.69, 9.17) is 10.4 Å². The standard InChI is InChI=1S/C11H18N4O/c1-8-11(9(2)15(3)14-8)10(7-12)13-5-4-6-16/h10,13,16H,4-6H2,1-3H3. The van der Waals surface area contributed by atoms with E-state index in [0.717, 1.165) is 17.0 Å². The molecular weight excluding hydrogens is 204 g/mol. The van der Waals surface area contributed by atoms with E-state index in [1.54, 1.807) is 4.68 Å². The number of hydrogen-bond donors (Lipinski definition) is 2.